The summed E-state index contributed by atoms with van der Waals surface area (Å²) in [5, 5.41) is 2.59. The molecule has 0 radical (unpaired) electrons. The fraction of sp³-hybridized carbons (Fsp3) is 0.529. The fourth-order valence-corrected chi connectivity index (χ4v) is 2.39. The second-order valence-corrected chi connectivity index (χ2v) is 7.16. The molecule has 1 amide bonds. The standard InChI is InChI=1S/C17H22BF3N2O3/c1-11(24)23-10-13(18-25-15(2,3)16(4,5)26-18)9-12-7-6-8-22-14(12)17(19,20)21/h6-9H,10H2,1-5H3,(H,23,24). The first-order valence-corrected chi connectivity index (χ1v) is 8.16. The molecule has 1 fully saturated rings. The van der Waals surface area contributed by atoms with Gasteiger partial charge in [0.1, 0.15) is 0 Å². The SMILES string of the molecule is CC(=O)NCC(=Cc1cccnc1C(F)(F)F)B1OC(C)(C)C(C)(C)O1. The molecule has 1 aliphatic heterocycles. The zero-order valence-corrected chi connectivity index (χ0v) is 15.4. The average molecular weight is 370 g/mol. The molecule has 0 saturated carbocycles. The number of halogens is 3. The molecule has 9 heteroatoms. The fourth-order valence-electron chi connectivity index (χ4n) is 2.39. The molecule has 0 aromatic carbocycles. The van der Waals surface area contributed by atoms with E-state index in [4.69, 9.17) is 9.31 Å². The molecule has 0 atom stereocenters. The topological polar surface area (TPSA) is 60.5 Å². The van der Waals surface area contributed by atoms with Crippen molar-refractivity contribution in [3.63, 3.8) is 0 Å². The van der Waals surface area contributed by atoms with Gasteiger partial charge in [-0.3, -0.25) is 9.78 Å². The Morgan fingerprint density at radius 2 is 1.85 bits per heavy atom. The zero-order chi connectivity index (χ0) is 19.8. The molecular formula is C17H22BF3N2O3. The second-order valence-electron chi connectivity index (χ2n) is 7.16. The van der Waals surface area contributed by atoms with Gasteiger partial charge in [-0.05, 0) is 39.2 Å². The van der Waals surface area contributed by atoms with E-state index >= 15 is 0 Å². The van der Waals surface area contributed by atoms with E-state index in [1.165, 1.54) is 25.1 Å². The summed E-state index contributed by atoms with van der Waals surface area (Å²) < 4.78 is 51.5. The van der Waals surface area contributed by atoms with Gasteiger partial charge < -0.3 is 14.6 Å². The molecule has 1 N–H and O–H groups in total. The number of carbonyl (C=O) groups excluding carboxylic acids is 1. The maximum absolute atomic E-state index is 13.2. The number of hydrogen-bond donors (Lipinski definition) is 1. The minimum Gasteiger partial charge on any atom is -0.400 e. The molecule has 0 bridgehead atoms. The molecule has 1 aromatic rings. The van der Waals surface area contributed by atoms with Gasteiger partial charge in [0, 0.05) is 25.2 Å². The number of carbonyl (C=O) groups is 1. The summed E-state index contributed by atoms with van der Waals surface area (Å²) in [4.78, 5) is 14.7. The van der Waals surface area contributed by atoms with Crippen LogP contribution in [0.1, 0.15) is 45.9 Å². The third-order valence-corrected chi connectivity index (χ3v) is 4.55. The van der Waals surface area contributed by atoms with Crippen LogP contribution >= 0.6 is 0 Å². The van der Waals surface area contributed by atoms with Crippen LogP contribution in [0.5, 0.6) is 0 Å². The number of pyridine rings is 1. The summed E-state index contributed by atoms with van der Waals surface area (Å²) in [7, 11) is -0.881. The molecule has 5 nitrogen and oxygen atoms in total. The van der Waals surface area contributed by atoms with Crippen LogP contribution < -0.4 is 5.32 Å². The van der Waals surface area contributed by atoms with Crippen molar-refractivity contribution in [2.24, 2.45) is 0 Å². The highest BCUT2D eigenvalue weighted by atomic mass is 19.4. The predicted octanol–water partition coefficient (Wildman–Crippen LogP) is 3.25. The predicted molar refractivity (Wildman–Crippen MR) is 92.0 cm³/mol. The first-order chi connectivity index (χ1) is 11.8. The van der Waals surface area contributed by atoms with E-state index in [9.17, 15) is 18.0 Å². The number of aromatic nitrogens is 1. The number of nitrogens with one attached hydrogen (secondary N) is 1. The normalized spacial score (nSPS) is 19.5. The molecule has 1 aliphatic rings. The lowest BCUT2D eigenvalue weighted by Gasteiger charge is -2.32. The van der Waals surface area contributed by atoms with Crippen LogP contribution in [0.2, 0.25) is 0 Å². The Bertz CT molecular complexity index is 701. The number of hydrogen-bond acceptors (Lipinski definition) is 4. The Labute approximate surface area is 151 Å². The van der Waals surface area contributed by atoms with E-state index in [-0.39, 0.29) is 18.0 Å². The number of alkyl halides is 3. The maximum Gasteiger partial charge on any atom is 0.492 e. The lowest BCUT2D eigenvalue weighted by Crippen LogP contribution is -2.41. The lowest BCUT2D eigenvalue weighted by atomic mass is 9.76. The molecule has 1 saturated heterocycles. The zero-order valence-electron chi connectivity index (χ0n) is 15.4. The third-order valence-electron chi connectivity index (χ3n) is 4.55. The van der Waals surface area contributed by atoms with Gasteiger partial charge >= 0.3 is 13.3 Å². The molecule has 26 heavy (non-hydrogen) atoms. The van der Waals surface area contributed by atoms with Gasteiger partial charge in [0.15, 0.2) is 5.69 Å². The van der Waals surface area contributed by atoms with Crippen molar-refractivity contribution in [3.8, 4) is 0 Å². The number of rotatable bonds is 4. The molecule has 2 rings (SSSR count). The van der Waals surface area contributed by atoms with E-state index in [1.54, 1.807) is 0 Å². The Morgan fingerprint density at radius 3 is 2.35 bits per heavy atom. The minimum atomic E-state index is -4.60. The highest BCUT2D eigenvalue weighted by Crippen LogP contribution is 2.39. The van der Waals surface area contributed by atoms with Crippen LogP contribution in [0.3, 0.4) is 0 Å². The maximum atomic E-state index is 13.2. The van der Waals surface area contributed by atoms with Crippen LogP contribution in [0.25, 0.3) is 6.08 Å². The Morgan fingerprint density at radius 1 is 1.27 bits per heavy atom. The molecule has 0 unspecified atom stereocenters. The van der Waals surface area contributed by atoms with Crippen molar-refractivity contribution < 1.29 is 27.3 Å². The van der Waals surface area contributed by atoms with Crippen molar-refractivity contribution in [2.45, 2.75) is 52.0 Å². The third kappa shape index (κ3) is 4.45. The van der Waals surface area contributed by atoms with E-state index in [2.05, 4.69) is 10.3 Å². The van der Waals surface area contributed by atoms with Gasteiger partial charge in [-0.25, -0.2) is 0 Å². The van der Waals surface area contributed by atoms with Crippen molar-refractivity contribution in [1.82, 2.24) is 10.3 Å². The number of nitrogens with zero attached hydrogens (tertiary/aromatic N) is 1. The van der Waals surface area contributed by atoms with Crippen molar-refractivity contribution in [3.05, 3.63) is 35.1 Å². The quantitative estimate of drug-likeness (QED) is 0.827. The van der Waals surface area contributed by atoms with Crippen LogP contribution in [-0.2, 0) is 20.3 Å². The molecule has 0 aliphatic carbocycles. The average Bonchev–Trinajstić information content (AvgIpc) is 2.71. The van der Waals surface area contributed by atoms with Crippen molar-refractivity contribution in [2.75, 3.05) is 6.54 Å². The molecule has 142 valence electrons. The van der Waals surface area contributed by atoms with Crippen LogP contribution in [0.4, 0.5) is 13.2 Å². The molecular weight excluding hydrogens is 348 g/mol. The highest BCUT2D eigenvalue weighted by molar-refractivity contribution is 6.56. The summed E-state index contributed by atoms with van der Waals surface area (Å²) in [6.07, 6.45) is -2.20. The summed E-state index contributed by atoms with van der Waals surface area (Å²) in [6.45, 7) is 8.69. The first kappa shape index (κ1) is 20.4. The Hall–Kier alpha value is -1.87. The van der Waals surface area contributed by atoms with E-state index in [1.807, 2.05) is 27.7 Å². The van der Waals surface area contributed by atoms with Crippen LogP contribution in [-0.4, -0.2) is 35.8 Å². The van der Waals surface area contributed by atoms with E-state index in [0.29, 0.717) is 5.47 Å². The van der Waals surface area contributed by atoms with Gasteiger partial charge in [-0.15, -0.1) is 0 Å². The Kier molecular flexibility index (Phi) is 5.53. The van der Waals surface area contributed by atoms with Gasteiger partial charge in [-0.2, -0.15) is 13.2 Å². The van der Waals surface area contributed by atoms with Gasteiger partial charge in [0.2, 0.25) is 5.91 Å². The smallest absolute Gasteiger partial charge is 0.400 e. The van der Waals surface area contributed by atoms with Crippen LogP contribution in [0, 0.1) is 0 Å². The number of amides is 1. The Balaban J connectivity index is 2.44. The minimum absolute atomic E-state index is 0.00164. The lowest BCUT2D eigenvalue weighted by molar-refractivity contribution is -0.141. The van der Waals surface area contributed by atoms with Gasteiger partial charge in [-0.1, -0.05) is 12.1 Å². The monoisotopic (exact) mass is 370 g/mol. The molecule has 0 spiro atoms. The van der Waals surface area contributed by atoms with E-state index < -0.39 is 30.2 Å². The van der Waals surface area contributed by atoms with E-state index in [0.717, 1.165) is 6.20 Å². The highest BCUT2D eigenvalue weighted by Gasteiger charge is 2.52. The summed E-state index contributed by atoms with van der Waals surface area (Å²) in [6, 6.07) is 2.73. The van der Waals surface area contributed by atoms with Gasteiger partial charge in [0.25, 0.3) is 0 Å². The summed E-state index contributed by atoms with van der Waals surface area (Å²) in [5.74, 6) is -0.311. The first-order valence-electron chi connectivity index (χ1n) is 8.16. The summed E-state index contributed by atoms with van der Waals surface area (Å²) in [5.41, 5.74) is -2.06. The van der Waals surface area contributed by atoms with Crippen LogP contribution in [0.15, 0.2) is 23.8 Å². The largest absolute Gasteiger partial charge is 0.492 e. The molecule has 1 aromatic heterocycles. The molecule has 2 heterocycles. The van der Waals surface area contributed by atoms with Gasteiger partial charge in [0.05, 0.1) is 11.2 Å². The second kappa shape index (κ2) is 7.04. The summed E-state index contributed by atoms with van der Waals surface area (Å²) >= 11 is 0. The van der Waals surface area contributed by atoms with Crippen molar-refractivity contribution in [1.29, 1.82) is 0 Å². The van der Waals surface area contributed by atoms with Crippen molar-refractivity contribution >= 4 is 19.1 Å².